The molecule has 0 amide bonds. The second-order valence-electron chi connectivity index (χ2n) is 5.36. The normalized spacial score (nSPS) is 11.4. The van der Waals surface area contributed by atoms with Crippen molar-refractivity contribution in [2.24, 2.45) is 0 Å². The number of hydrogen-bond donors (Lipinski definition) is 1. The molecule has 3 rings (SSSR count). The number of nitro benzene ring substituents is 1. The first kappa shape index (κ1) is 18.6. The van der Waals surface area contributed by atoms with Crippen LogP contribution in [-0.4, -0.2) is 24.7 Å². The minimum Gasteiger partial charge on any atom is -0.321 e. The number of rotatable bonds is 5. The van der Waals surface area contributed by atoms with Gasteiger partial charge in [-0.2, -0.15) is 18.3 Å². The highest BCUT2D eigenvalue weighted by Gasteiger charge is 2.36. The highest BCUT2D eigenvalue weighted by molar-refractivity contribution is 6.31. The Morgan fingerprint density at radius 1 is 1.22 bits per heavy atom. The molecule has 2 heterocycles. The summed E-state index contributed by atoms with van der Waals surface area (Å²) in [4.78, 5) is 17.2. The van der Waals surface area contributed by atoms with Crippen LogP contribution in [0.1, 0.15) is 11.3 Å². The molecule has 8 nitrogen and oxygen atoms in total. The van der Waals surface area contributed by atoms with Crippen molar-refractivity contribution in [3.63, 3.8) is 0 Å². The van der Waals surface area contributed by atoms with Gasteiger partial charge in [-0.1, -0.05) is 23.7 Å². The largest absolute Gasteiger partial charge is 0.435 e. The monoisotopic (exact) mass is 398 g/mol. The highest BCUT2D eigenvalue weighted by Crippen LogP contribution is 2.33. The van der Waals surface area contributed by atoms with Gasteiger partial charge in [0.15, 0.2) is 5.69 Å². The Kier molecular flexibility index (Phi) is 4.95. The van der Waals surface area contributed by atoms with E-state index in [0.717, 1.165) is 11.8 Å². The lowest BCUT2D eigenvalue weighted by molar-refractivity contribution is -0.384. The molecule has 140 valence electrons. The van der Waals surface area contributed by atoms with Gasteiger partial charge in [-0.05, 0) is 5.56 Å². The van der Waals surface area contributed by atoms with E-state index in [2.05, 4.69) is 20.4 Å². The minimum absolute atomic E-state index is 0.0260. The molecule has 0 aliphatic rings. The van der Waals surface area contributed by atoms with Crippen molar-refractivity contribution in [1.82, 2.24) is 19.7 Å². The number of non-ortho nitro benzene ring substituents is 1. The number of anilines is 2. The van der Waals surface area contributed by atoms with Crippen LogP contribution < -0.4 is 5.32 Å². The van der Waals surface area contributed by atoms with Gasteiger partial charge >= 0.3 is 6.18 Å². The van der Waals surface area contributed by atoms with E-state index in [-0.39, 0.29) is 11.6 Å². The minimum atomic E-state index is -4.70. The van der Waals surface area contributed by atoms with Crippen LogP contribution in [-0.2, 0) is 12.7 Å². The number of aromatic nitrogens is 4. The van der Waals surface area contributed by atoms with Crippen LogP contribution >= 0.6 is 11.6 Å². The van der Waals surface area contributed by atoms with E-state index in [1.807, 2.05) is 0 Å². The van der Waals surface area contributed by atoms with E-state index in [1.54, 1.807) is 12.1 Å². The molecular formula is C15H10ClF3N6O2. The van der Waals surface area contributed by atoms with E-state index in [4.69, 9.17) is 11.6 Å². The lowest BCUT2D eigenvalue weighted by atomic mass is 10.2. The van der Waals surface area contributed by atoms with Gasteiger partial charge in [0.2, 0.25) is 5.95 Å². The number of nitro groups is 1. The summed E-state index contributed by atoms with van der Waals surface area (Å²) >= 11 is 5.48. The van der Waals surface area contributed by atoms with Crippen LogP contribution in [0.25, 0.3) is 0 Å². The molecule has 0 atom stereocenters. The third kappa shape index (κ3) is 4.50. The smallest absolute Gasteiger partial charge is 0.321 e. The average Bonchev–Trinajstić information content (AvgIpc) is 3.03. The topological polar surface area (TPSA) is 98.8 Å². The fourth-order valence-corrected chi connectivity index (χ4v) is 2.38. The van der Waals surface area contributed by atoms with Crippen LogP contribution in [0, 0.1) is 10.1 Å². The summed E-state index contributed by atoms with van der Waals surface area (Å²) < 4.78 is 40.0. The van der Waals surface area contributed by atoms with Crippen molar-refractivity contribution in [1.29, 1.82) is 0 Å². The standard InChI is InChI=1S/C15H10ClF3N6O2/c16-12-6-20-14(23-13(12)15(17,18)19)22-10-5-21-24(8-10)7-9-1-3-11(4-2-9)25(26)27/h1-6,8H,7H2,(H,20,22,23). The second-order valence-corrected chi connectivity index (χ2v) is 5.77. The number of alkyl halides is 3. The molecule has 0 bridgehead atoms. The summed E-state index contributed by atoms with van der Waals surface area (Å²) in [5, 5.41) is 16.7. The van der Waals surface area contributed by atoms with Crippen molar-refractivity contribution in [3.8, 4) is 0 Å². The number of halogens is 4. The van der Waals surface area contributed by atoms with Crippen molar-refractivity contribution in [3.05, 3.63) is 69.3 Å². The number of nitrogens with zero attached hydrogens (tertiary/aromatic N) is 5. The Hall–Kier alpha value is -3.21. The van der Waals surface area contributed by atoms with Gasteiger partial charge in [-0.25, -0.2) is 9.97 Å². The predicted molar refractivity (Wildman–Crippen MR) is 89.8 cm³/mol. The van der Waals surface area contributed by atoms with Crippen molar-refractivity contribution < 1.29 is 18.1 Å². The first-order valence-electron chi connectivity index (χ1n) is 7.35. The van der Waals surface area contributed by atoms with Crippen LogP contribution in [0.3, 0.4) is 0 Å². The lowest BCUT2D eigenvalue weighted by Gasteiger charge is -2.09. The molecule has 12 heteroatoms. The molecule has 1 N–H and O–H groups in total. The maximum atomic E-state index is 12.8. The van der Waals surface area contributed by atoms with Crippen LogP contribution in [0.15, 0.2) is 42.9 Å². The van der Waals surface area contributed by atoms with E-state index in [0.29, 0.717) is 12.2 Å². The number of nitrogens with one attached hydrogen (secondary N) is 1. The van der Waals surface area contributed by atoms with Gasteiger partial charge in [0.1, 0.15) is 0 Å². The molecule has 2 aromatic heterocycles. The van der Waals surface area contributed by atoms with Gasteiger partial charge in [-0.3, -0.25) is 14.8 Å². The Balaban J connectivity index is 1.72. The summed E-state index contributed by atoms with van der Waals surface area (Å²) in [6, 6.07) is 5.92. The molecule has 0 aliphatic heterocycles. The zero-order valence-corrected chi connectivity index (χ0v) is 14.1. The highest BCUT2D eigenvalue weighted by atomic mass is 35.5. The fourth-order valence-electron chi connectivity index (χ4n) is 2.18. The zero-order chi connectivity index (χ0) is 19.6. The Bertz CT molecular complexity index is 974. The molecule has 0 aliphatic carbocycles. The Morgan fingerprint density at radius 2 is 1.93 bits per heavy atom. The SMILES string of the molecule is O=[N+]([O-])c1ccc(Cn2cc(Nc3ncc(Cl)c(C(F)(F)F)n3)cn2)cc1. The Labute approximate surface area is 154 Å². The maximum absolute atomic E-state index is 12.8. The summed E-state index contributed by atoms with van der Waals surface area (Å²) in [5.74, 6) is -0.276. The van der Waals surface area contributed by atoms with E-state index < -0.39 is 21.8 Å². The predicted octanol–water partition coefficient (Wildman–Crippen LogP) is 4.05. The van der Waals surface area contributed by atoms with Gasteiger partial charge in [0, 0.05) is 18.3 Å². The zero-order valence-electron chi connectivity index (χ0n) is 13.3. The molecule has 0 unspecified atom stereocenters. The summed E-state index contributed by atoms with van der Waals surface area (Å²) in [5.41, 5.74) is -0.133. The third-order valence-corrected chi connectivity index (χ3v) is 3.67. The molecule has 0 saturated heterocycles. The first-order valence-corrected chi connectivity index (χ1v) is 7.73. The average molecular weight is 399 g/mol. The van der Waals surface area contributed by atoms with Crippen LogP contribution in [0.4, 0.5) is 30.5 Å². The van der Waals surface area contributed by atoms with E-state index in [9.17, 15) is 23.3 Å². The number of benzene rings is 1. The van der Waals surface area contributed by atoms with Gasteiger partial charge in [-0.15, -0.1) is 0 Å². The molecule has 0 fully saturated rings. The van der Waals surface area contributed by atoms with Gasteiger partial charge in [0.25, 0.3) is 5.69 Å². The van der Waals surface area contributed by atoms with Crippen LogP contribution in [0.5, 0.6) is 0 Å². The van der Waals surface area contributed by atoms with Crippen LogP contribution in [0.2, 0.25) is 5.02 Å². The van der Waals surface area contributed by atoms with Crippen molar-refractivity contribution in [2.75, 3.05) is 5.32 Å². The summed E-state index contributed by atoms with van der Waals surface area (Å²) in [6.07, 6.45) is -0.916. The Morgan fingerprint density at radius 3 is 2.56 bits per heavy atom. The van der Waals surface area contributed by atoms with E-state index >= 15 is 0 Å². The fraction of sp³-hybridized carbons (Fsp3) is 0.133. The summed E-state index contributed by atoms with van der Waals surface area (Å²) in [6.45, 7) is 0.314. The van der Waals surface area contributed by atoms with E-state index in [1.165, 1.54) is 29.2 Å². The molecule has 0 radical (unpaired) electrons. The quantitative estimate of drug-likeness (QED) is 0.514. The molecule has 27 heavy (non-hydrogen) atoms. The molecule has 1 aromatic carbocycles. The second kappa shape index (κ2) is 7.19. The number of hydrogen-bond acceptors (Lipinski definition) is 6. The molecule has 0 saturated carbocycles. The third-order valence-electron chi connectivity index (χ3n) is 3.39. The van der Waals surface area contributed by atoms with Gasteiger partial charge < -0.3 is 5.32 Å². The molecular weight excluding hydrogens is 389 g/mol. The van der Waals surface area contributed by atoms with Gasteiger partial charge in [0.05, 0.1) is 34.6 Å². The summed E-state index contributed by atoms with van der Waals surface area (Å²) in [7, 11) is 0. The maximum Gasteiger partial charge on any atom is 0.435 e. The van der Waals surface area contributed by atoms with Crippen molar-refractivity contribution >= 4 is 28.9 Å². The van der Waals surface area contributed by atoms with Crippen molar-refractivity contribution in [2.45, 2.75) is 12.7 Å². The first-order chi connectivity index (χ1) is 12.7. The molecule has 0 spiro atoms. The molecule has 3 aromatic rings. The lowest BCUT2D eigenvalue weighted by Crippen LogP contribution is -2.11.